The second-order valence-electron chi connectivity index (χ2n) is 9.49. The molecule has 2 heterocycles. The number of nitrogens with zero attached hydrogens (tertiary/aromatic N) is 2. The van der Waals surface area contributed by atoms with Crippen LogP contribution < -0.4 is 15.0 Å². The summed E-state index contributed by atoms with van der Waals surface area (Å²) in [5.74, 6) is 0.576. The summed E-state index contributed by atoms with van der Waals surface area (Å²) in [6, 6.07) is 11.8. The van der Waals surface area contributed by atoms with Gasteiger partial charge in [-0.1, -0.05) is 45.9 Å². The van der Waals surface area contributed by atoms with Crippen LogP contribution in [0.15, 0.2) is 41.8 Å². The molecule has 0 atom stereocenters. The maximum atomic E-state index is 13.3. The van der Waals surface area contributed by atoms with Gasteiger partial charge in [0.25, 0.3) is 5.91 Å². The molecule has 0 saturated carbocycles. The molecule has 0 bridgehead atoms. The number of fused-ring (bicyclic) bond motifs is 1. The fraction of sp³-hybridized carbons (Fsp3) is 0.393. The van der Waals surface area contributed by atoms with E-state index in [4.69, 9.17) is 14.5 Å². The molecular formula is C28H33N3O4S. The molecule has 4 rings (SSSR count). The molecule has 1 aromatic heterocycles. The van der Waals surface area contributed by atoms with E-state index >= 15 is 0 Å². The van der Waals surface area contributed by atoms with Crippen molar-refractivity contribution in [2.24, 2.45) is 0 Å². The Balaban J connectivity index is 1.59. The average Bonchev–Trinajstić information content (AvgIpc) is 3.33. The Hall–Kier alpha value is -3.23. The predicted octanol–water partition coefficient (Wildman–Crippen LogP) is 5.61. The minimum absolute atomic E-state index is 0.0984. The van der Waals surface area contributed by atoms with Crippen molar-refractivity contribution < 1.29 is 19.1 Å². The molecular weight excluding hydrogens is 474 g/mol. The maximum Gasteiger partial charge on any atom is 0.265 e. The molecule has 3 aromatic rings. The van der Waals surface area contributed by atoms with Gasteiger partial charge in [-0.2, -0.15) is 0 Å². The van der Waals surface area contributed by atoms with Crippen LogP contribution in [0.25, 0.3) is 11.3 Å². The quantitative estimate of drug-likeness (QED) is 0.407. The number of hydrogen-bond donors (Lipinski definition) is 1. The summed E-state index contributed by atoms with van der Waals surface area (Å²) in [6.07, 6.45) is 0.746. The van der Waals surface area contributed by atoms with Gasteiger partial charge in [-0.25, -0.2) is 4.98 Å². The number of carbonyl (C=O) groups excluding carboxylic acids is 2. The van der Waals surface area contributed by atoms with Crippen LogP contribution in [0.5, 0.6) is 5.75 Å². The Morgan fingerprint density at radius 3 is 2.56 bits per heavy atom. The van der Waals surface area contributed by atoms with Gasteiger partial charge in [0.05, 0.1) is 23.0 Å². The number of methoxy groups -OCH3 is 1. The lowest BCUT2D eigenvalue weighted by Crippen LogP contribution is -2.43. The largest absolute Gasteiger partial charge is 0.482 e. The average molecular weight is 508 g/mol. The number of thiazole rings is 1. The zero-order valence-electron chi connectivity index (χ0n) is 21.5. The lowest BCUT2D eigenvalue weighted by atomic mass is 9.92. The van der Waals surface area contributed by atoms with Crippen LogP contribution in [0.3, 0.4) is 0 Å². The number of aromatic nitrogens is 1. The Bertz CT molecular complexity index is 1230. The van der Waals surface area contributed by atoms with Crippen molar-refractivity contribution in [1.82, 2.24) is 4.98 Å². The summed E-state index contributed by atoms with van der Waals surface area (Å²) in [6.45, 7) is 8.85. The van der Waals surface area contributed by atoms with E-state index in [0.29, 0.717) is 18.0 Å². The molecule has 1 N–H and O–H groups in total. The van der Waals surface area contributed by atoms with Gasteiger partial charge in [0, 0.05) is 30.2 Å². The monoisotopic (exact) mass is 507 g/mol. The number of amides is 2. The molecule has 0 fully saturated rings. The van der Waals surface area contributed by atoms with E-state index in [1.165, 1.54) is 4.90 Å². The first kappa shape index (κ1) is 25.9. The summed E-state index contributed by atoms with van der Waals surface area (Å²) >= 11 is 1.58. The first-order chi connectivity index (χ1) is 17.3. The second-order valence-corrected chi connectivity index (χ2v) is 10.4. The molecule has 2 amide bonds. The van der Waals surface area contributed by atoms with Gasteiger partial charge in [0.2, 0.25) is 5.91 Å². The number of benzene rings is 2. The Labute approximate surface area is 216 Å². The second kappa shape index (κ2) is 11.2. The lowest BCUT2D eigenvalue weighted by Gasteiger charge is -2.29. The van der Waals surface area contributed by atoms with Crippen molar-refractivity contribution >= 4 is 34.5 Å². The van der Waals surface area contributed by atoms with Crippen LogP contribution in [-0.4, -0.2) is 43.7 Å². The van der Waals surface area contributed by atoms with E-state index < -0.39 is 0 Å². The third-order valence-corrected chi connectivity index (χ3v) is 7.12. The number of carbonyl (C=O) groups is 2. The molecule has 0 unspecified atom stereocenters. The molecule has 7 nitrogen and oxygen atoms in total. The minimum atomic E-state index is -0.255. The number of hydrogen-bond acceptors (Lipinski definition) is 6. The normalized spacial score (nSPS) is 13.2. The van der Waals surface area contributed by atoms with Gasteiger partial charge in [-0.05, 0) is 41.2 Å². The topological polar surface area (TPSA) is 80.8 Å². The maximum absolute atomic E-state index is 13.3. The van der Waals surface area contributed by atoms with Crippen LogP contribution >= 0.6 is 11.3 Å². The van der Waals surface area contributed by atoms with Crippen molar-refractivity contribution in [3.63, 3.8) is 0 Å². The van der Waals surface area contributed by atoms with Crippen molar-refractivity contribution in [2.75, 3.05) is 37.1 Å². The molecule has 0 aliphatic carbocycles. The predicted molar refractivity (Wildman–Crippen MR) is 144 cm³/mol. The molecule has 1 aliphatic heterocycles. The molecule has 1 aliphatic rings. The summed E-state index contributed by atoms with van der Waals surface area (Å²) < 4.78 is 10.8. The van der Waals surface area contributed by atoms with Gasteiger partial charge in [-0.15, -0.1) is 11.3 Å². The zero-order valence-corrected chi connectivity index (χ0v) is 22.3. The van der Waals surface area contributed by atoms with Gasteiger partial charge < -0.3 is 14.8 Å². The van der Waals surface area contributed by atoms with E-state index in [1.807, 2.05) is 41.8 Å². The van der Waals surface area contributed by atoms with E-state index in [1.54, 1.807) is 18.4 Å². The first-order valence-electron chi connectivity index (χ1n) is 12.2. The van der Waals surface area contributed by atoms with Crippen molar-refractivity contribution in [3.05, 3.63) is 57.9 Å². The lowest BCUT2D eigenvalue weighted by molar-refractivity contribution is -0.123. The van der Waals surface area contributed by atoms with Crippen LogP contribution in [-0.2, 0) is 20.7 Å². The highest BCUT2D eigenvalue weighted by atomic mass is 32.1. The van der Waals surface area contributed by atoms with Gasteiger partial charge >= 0.3 is 0 Å². The fourth-order valence-electron chi connectivity index (χ4n) is 4.30. The molecule has 0 saturated heterocycles. The highest BCUT2D eigenvalue weighted by molar-refractivity contribution is 7.09. The zero-order chi connectivity index (χ0) is 25.8. The fourth-order valence-corrected chi connectivity index (χ4v) is 5.09. The summed E-state index contributed by atoms with van der Waals surface area (Å²) in [7, 11) is 1.67. The number of nitrogens with one attached hydrogen (secondary N) is 1. The van der Waals surface area contributed by atoms with Crippen molar-refractivity contribution in [1.29, 1.82) is 0 Å². The van der Waals surface area contributed by atoms with E-state index in [0.717, 1.165) is 39.5 Å². The molecule has 8 heteroatoms. The molecule has 0 spiro atoms. The molecule has 190 valence electrons. The number of ether oxygens (including phenoxy) is 2. The van der Waals surface area contributed by atoms with Crippen molar-refractivity contribution in [2.45, 2.75) is 46.0 Å². The van der Waals surface area contributed by atoms with Gasteiger partial charge in [0.15, 0.2) is 6.61 Å². The summed E-state index contributed by atoms with van der Waals surface area (Å²) in [5.41, 5.74) is 5.27. The third kappa shape index (κ3) is 5.60. The molecule has 2 aromatic carbocycles. The van der Waals surface area contributed by atoms with E-state index in [-0.39, 0.29) is 36.8 Å². The number of para-hydroxylation sites is 1. The number of rotatable bonds is 9. The molecule has 36 heavy (non-hydrogen) atoms. The van der Waals surface area contributed by atoms with Crippen LogP contribution in [0.1, 0.15) is 55.7 Å². The Morgan fingerprint density at radius 1 is 1.17 bits per heavy atom. The SMILES string of the molecule is COCCc1nc(-c2ccc3c(c2)N(CC(=O)Nc2c(C(C)C)cccc2C(C)C)C(=O)CO3)cs1. The summed E-state index contributed by atoms with van der Waals surface area (Å²) in [4.78, 5) is 32.3. The first-order valence-corrected chi connectivity index (χ1v) is 13.1. The Kier molecular flexibility index (Phi) is 8.06. The van der Waals surface area contributed by atoms with E-state index in [2.05, 4.69) is 33.0 Å². The Morgan fingerprint density at radius 2 is 1.89 bits per heavy atom. The van der Waals surface area contributed by atoms with Crippen molar-refractivity contribution in [3.8, 4) is 17.0 Å². The minimum Gasteiger partial charge on any atom is -0.482 e. The van der Waals surface area contributed by atoms with Crippen LogP contribution in [0.2, 0.25) is 0 Å². The van der Waals surface area contributed by atoms with Crippen LogP contribution in [0.4, 0.5) is 11.4 Å². The van der Waals surface area contributed by atoms with E-state index in [9.17, 15) is 9.59 Å². The van der Waals surface area contributed by atoms with Gasteiger partial charge in [-0.3, -0.25) is 14.5 Å². The highest BCUT2D eigenvalue weighted by Gasteiger charge is 2.29. The van der Waals surface area contributed by atoms with Crippen LogP contribution in [0, 0.1) is 0 Å². The standard InChI is InChI=1S/C28H33N3O4S/c1-17(2)20-7-6-8-21(18(3)4)28(20)30-25(32)14-31-23-13-19(9-10-24(23)35-15-27(31)33)22-16-36-26(29-22)11-12-34-5/h6-10,13,16-18H,11-12,14-15H2,1-5H3,(H,30,32). The third-order valence-electron chi connectivity index (χ3n) is 6.21. The summed E-state index contributed by atoms with van der Waals surface area (Å²) in [5, 5.41) is 6.09. The molecule has 0 radical (unpaired) electrons. The smallest absolute Gasteiger partial charge is 0.265 e. The number of anilines is 2. The highest BCUT2D eigenvalue weighted by Crippen LogP contribution is 2.37. The van der Waals surface area contributed by atoms with Gasteiger partial charge in [0.1, 0.15) is 12.3 Å².